The van der Waals surface area contributed by atoms with Crippen molar-refractivity contribution in [1.82, 2.24) is 0 Å². The van der Waals surface area contributed by atoms with Crippen LogP contribution in [-0.4, -0.2) is 17.1 Å². The molecule has 0 bridgehead atoms. The van der Waals surface area contributed by atoms with Gasteiger partial charge >= 0.3 is 5.97 Å². The molecule has 1 unspecified atom stereocenters. The highest BCUT2D eigenvalue weighted by molar-refractivity contribution is 7.07. The number of aryl methyl sites for hydroxylation is 1. The number of carboxylic acid groups (broad SMARTS) is 1. The summed E-state index contributed by atoms with van der Waals surface area (Å²) in [4.78, 5) is 10.9. The number of benzene rings is 1. The van der Waals surface area contributed by atoms with Crippen LogP contribution >= 0.6 is 11.3 Å². The van der Waals surface area contributed by atoms with Crippen molar-refractivity contribution in [3.63, 3.8) is 0 Å². The van der Waals surface area contributed by atoms with Gasteiger partial charge in [0.2, 0.25) is 0 Å². The summed E-state index contributed by atoms with van der Waals surface area (Å²) in [5, 5.41) is 16.6. The van der Waals surface area contributed by atoms with Crippen molar-refractivity contribution in [3.8, 4) is 0 Å². The van der Waals surface area contributed by atoms with Crippen molar-refractivity contribution in [2.45, 2.75) is 26.3 Å². The van der Waals surface area contributed by atoms with Gasteiger partial charge in [-0.3, -0.25) is 0 Å². The molecule has 0 fully saturated rings. The number of anilines is 1. The van der Waals surface area contributed by atoms with E-state index in [1.54, 1.807) is 23.5 Å². The zero-order valence-electron chi connectivity index (χ0n) is 11.0. The van der Waals surface area contributed by atoms with Crippen LogP contribution in [0.4, 0.5) is 5.69 Å². The molecular formula is C15H17NO2S. The summed E-state index contributed by atoms with van der Waals surface area (Å²) in [6, 6.07) is 7.60. The Bertz CT molecular complexity index is 564. The Balaban J connectivity index is 2.04. The zero-order chi connectivity index (χ0) is 13.8. The van der Waals surface area contributed by atoms with Gasteiger partial charge < -0.3 is 10.4 Å². The number of hydrogen-bond donors (Lipinski definition) is 2. The molecule has 0 aliphatic carbocycles. The molecule has 0 saturated heterocycles. The second-order valence-corrected chi connectivity index (χ2v) is 5.50. The number of aromatic carboxylic acids is 1. The topological polar surface area (TPSA) is 49.3 Å². The predicted molar refractivity (Wildman–Crippen MR) is 79.2 cm³/mol. The quantitative estimate of drug-likeness (QED) is 0.872. The molecule has 2 aromatic rings. The fraction of sp³-hybridized carbons (Fsp3) is 0.267. The second-order valence-electron chi connectivity index (χ2n) is 4.72. The molecule has 0 aliphatic heterocycles. The van der Waals surface area contributed by atoms with Crippen LogP contribution < -0.4 is 5.32 Å². The lowest BCUT2D eigenvalue weighted by molar-refractivity contribution is 0.0697. The number of carboxylic acids is 1. The Morgan fingerprint density at radius 3 is 2.79 bits per heavy atom. The van der Waals surface area contributed by atoms with Crippen LogP contribution in [0.1, 0.15) is 28.4 Å². The molecular weight excluding hydrogens is 258 g/mol. The summed E-state index contributed by atoms with van der Waals surface area (Å²) in [5.74, 6) is -0.888. The van der Waals surface area contributed by atoms with Crippen LogP contribution in [-0.2, 0) is 6.42 Å². The summed E-state index contributed by atoms with van der Waals surface area (Å²) in [5.41, 5.74) is 3.60. The Morgan fingerprint density at radius 1 is 1.42 bits per heavy atom. The van der Waals surface area contributed by atoms with Gasteiger partial charge in [0.05, 0.1) is 5.56 Å². The highest BCUT2D eigenvalue weighted by Gasteiger charge is 2.08. The molecule has 0 aliphatic rings. The molecule has 3 nitrogen and oxygen atoms in total. The lowest BCUT2D eigenvalue weighted by Gasteiger charge is -2.17. The molecule has 100 valence electrons. The highest BCUT2D eigenvalue weighted by Crippen LogP contribution is 2.19. The molecule has 2 rings (SSSR count). The fourth-order valence-electron chi connectivity index (χ4n) is 2.04. The highest BCUT2D eigenvalue weighted by atomic mass is 32.1. The molecule has 0 spiro atoms. The molecule has 1 aromatic carbocycles. The third-order valence-corrected chi connectivity index (χ3v) is 3.73. The predicted octanol–water partition coefficient (Wildman–Crippen LogP) is 3.80. The molecule has 1 heterocycles. The van der Waals surface area contributed by atoms with Gasteiger partial charge in [0.25, 0.3) is 0 Å². The Kier molecular flexibility index (Phi) is 4.22. The van der Waals surface area contributed by atoms with Gasteiger partial charge in [-0.15, -0.1) is 0 Å². The molecule has 0 radical (unpaired) electrons. The van der Waals surface area contributed by atoms with E-state index >= 15 is 0 Å². The van der Waals surface area contributed by atoms with E-state index in [1.807, 2.05) is 13.0 Å². The molecule has 0 saturated carbocycles. The van der Waals surface area contributed by atoms with E-state index in [4.69, 9.17) is 5.11 Å². The number of hydrogen-bond acceptors (Lipinski definition) is 3. The molecule has 2 N–H and O–H groups in total. The maximum absolute atomic E-state index is 10.9. The van der Waals surface area contributed by atoms with Gasteiger partial charge in [0.15, 0.2) is 0 Å². The average molecular weight is 275 g/mol. The molecule has 1 atom stereocenters. The summed E-state index contributed by atoms with van der Waals surface area (Å²) in [7, 11) is 0. The number of rotatable bonds is 5. The Hall–Kier alpha value is -1.81. The van der Waals surface area contributed by atoms with Crippen molar-refractivity contribution in [2.24, 2.45) is 0 Å². The van der Waals surface area contributed by atoms with Gasteiger partial charge in [0.1, 0.15) is 0 Å². The van der Waals surface area contributed by atoms with Crippen LogP contribution in [0.25, 0.3) is 0 Å². The van der Waals surface area contributed by atoms with Crippen molar-refractivity contribution in [2.75, 3.05) is 5.32 Å². The van der Waals surface area contributed by atoms with Crippen molar-refractivity contribution < 1.29 is 9.90 Å². The summed E-state index contributed by atoms with van der Waals surface area (Å²) < 4.78 is 0. The number of thiophene rings is 1. The smallest absolute Gasteiger partial charge is 0.335 e. The summed E-state index contributed by atoms with van der Waals surface area (Å²) in [6.45, 7) is 4.05. The van der Waals surface area contributed by atoms with Gasteiger partial charge in [-0.05, 0) is 66.4 Å². The number of carbonyl (C=O) groups is 1. The van der Waals surface area contributed by atoms with E-state index in [0.29, 0.717) is 11.6 Å². The fourth-order valence-corrected chi connectivity index (χ4v) is 2.72. The normalized spacial score (nSPS) is 12.1. The van der Waals surface area contributed by atoms with Crippen LogP contribution in [0.15, 0.2) is 35.0 Å². The molecule has 19 heavy (non-hydrogen) atoms. The van der Waals surface area contributed by atoms with E-state index in [1.165, 1.54) is 5.56 Å². The maximum Gasteiger partial charge on any atom is 0.335 e. The van der Waals surface area contributed by atoms with Gasteiger partial charge in [-0.25, -0.2) is 4.79 Å². The van der Waals surface area contributed by atoms with Crippen molar-refractivity contribution in [3.05, 3.63) is 51.7 Å². The van der Waals surface area contributed by atoms with Crippen molar-refractivity contribution >= 4 is 23.0 Å². The largest absolute Gasteiger partial charge is 0.478 e. The standard InChI is InChI=1S/C15H17NO2S/c1-10-7-13(15(17)18)3-4-14(10)16-11(2)8-12-5-6-19-9-12/h3-7,9,11,16H,8H2,1-2H3,(H,17,18). The molecule has 0 amide bonds. The van der Waals surface area contributed by atoms with E-state index in [2.05, 4.69) is 29.1 Å². The maximum atomic E-state index is 10.9. The first-order valence-corrected chi connectivity index (χ1v) is 7.12. The minimum Gasteiger partial charge on any atom is -0.478 e. The van der Waals surface area contributed by atoms with Gasteiger partial charge in [-0.2, -0.15) is 11.3 Å². The Labute approximate surface area is 116 Å². The summed E-state index contributed by atoms with van der Waals surface area (Å²) >= 11 is 1.70. The SMILES string of the molecule is Cc1cc(C(=O)O)ccc1NC(C)Cc1ccsc1. The average Bonchev–Trinajstić information content (AvgIpc) is 2.84. The zero-order valence-corrected chi connectivity index (χ0v) is 11.8. The van der Waals surface area contributed by atoms with Crippen LogP contribution in [0.5, 0.6) is 0 Å². The van der Waals surface area contributed by atoms with Crippen LogP contribution in [0.2, 0.25) is 0 Å². The first-order chi connectivity index (χ1) is 9.06. The minimum atomic E-state index is -0.888. The van der Waals surface area contributed by atoms with Gasteiger partial charge in [0, 0.05) is 11.7 Å². The molecule has 4 heteroatoms. The van der Waals surface area contributed by atoms with E-state index in [-0.39, 0.29) is 0 Å². The van der Waals surface area contributed by atoms with E-state index in [9.17, 15) is 4.79 Å². The van der Waals surface area contributed by atoms with E-state index in [0.717, 1.165) is 17.7 Å². The molecule has 1 aromatic heterocycles. The van der Waals surface area contributed by atoms with Crippen LogP contribution in [0.3, 0.4) is 0 Å². The van der Waals surface area contributed by atoms with Crippen LogP contribution in [0, 0.1) is 6.92 Å². The first-order valence-electron chi connectivity index (χ1n) is 6.18. The second kappa shape index (κ2) is 5.89. The van der Waals surface area contributed by atoms with Crippen molar-refractivity contribution in [1.29, 1.82) is 0 Å². The monoisotopic (exact) mass is 275 g/mol. The number of nitrogens with one attached hydrogen (secondary N) is 1. The Morgan fingerprint density at radius 2 is 2.21 bits per heavy atom. The van der Waals surface area contributed by atoms with E-state index < -0.39 is 5.97 Å². The first kappa shape index (κ1) is 13.6. The van der Waals surface area contributed by atoms with Gasteiger partial charge in [-0.1, -0.05) is 0 Å². The lowest BCUT2D eigenvalue weighted by Crippen LogP contribution is -2.18. The minimum absolute atomic E-state index is 0.309. The third-order valence-electron chi connectivity index (χ3n) is 3.00. The summed E-state index contributed by atoms with van der Waals surface area (Å²) in [6.07, 6.45) is 0.962. The third kappa shape index (κ3) is 3.58. The lowest BCUT2D eigenvalue weighted by atomic mass is 10.1.